The van der Waals surface area contributed by atoms with Gasteiger partial charge in [-0.15, -0.1) is 0 Å². The highest BCUT2D eigenvalue weighted by Gasteiger charge is 2.29. The lowest BCUT2D eigenvalue weighted by Crippen LogP contribution is -2.49. The summed E-state index contributed by atoms with van der Waals surface area (Å²) in [6.07, 6.45) is 8.10. The second kappa shape index (κ2) is 7.40. The Kier molecular flexibility index (Phi) is 5.54. The molecule has 0 amide bonds. The maximum absolute atomic E-state index is 9.84. The normalized spacial score (nSPS) is 39.7. The van der Waals surface area contributed by atoms with Gasteiger partial charge in [0.15, 0.2) is 0 Å². The predicted molar refractivity (Wildman–Crippen MR) is 86.4 cm³/mol. The van der Waals surface area contributed by atoms with Gasteiger partial charge in [-0.25, -0.2) is 0 Å². The van der Waals surface area contributed by atoms with Gasteiger partial charge in [0.1, 0.15) is 0 Å². The Morgan fingerprint density at radius 3 is 2.62 bits per heavy atom. The molecular weight excluding hydrogens is 262 g/mol. The summed E-state index contributed by atoms with van der Waals surface area (Å²) >= 11 is 0. The van der Waals surface area contributed by atoms with Crippen LogP contribution < -0.4 is 10.6 Å². The first-order chi connectivity index (χ1) is 10.2. The number of hydrogen-bond acceptors (Lipinski definition) is 4. The number of rotatable bonds is 4. The molecule has 3 aliphatic rings. The van der Waals surface area contributed by atoms with Crippen molar-refractivity contribution in [2.45, 2.75) is 63.6 Å². The summed E-state index contributed by atoms with van der Waals surface area (Å²) in [7, 11) is 0. The quantitative estimate of drug-likeness (QED) is 0.729. The van der Waals surface area contributed by atoms with Crippen LogP contribution in [0.1, 0.15) is 45.4 Å². The minimum Gasteiger partial charge on any atom is -0.391 e. The van der Waals surface area contributed by atoms with E-state index in [9.17, 15) is 5.11 Å². The van der Waals surface area contributed by atoms with Crippen molar-refractivity contribution in [3.63, 3.8) is 0 Å². The van der Waals surface area contributed by atoms with Crippen LogP contribution in [0.5, 0.6) is 0 Å². The third-order valence-corrected chi connectivity index (χ3v) is 5.93. The molecule has 0 bridgehead atoms. The highest BCUT2D eigenvalue weighted by atomic mass is 16.3. The summed E-state index contributed by atoms with van der Waals surface area (Å²) in [5, 5.41) is 16.8. The third kappa shape index (κ3) is 4.19. The number of β-amino-alcohol motifs (C(OH)–C–C–N with tert-alkyl or cyclic N) is 1. The smallest absolute Gasteiger partial charge is 0.0716 e. The van der Waals surface area contributed by atoms with Gasteiger partial charge in [0.25, 0.3) is 0 Å². The van der Waals surface area contributed by atoms with Crippen molar-refractivity contribution in [3.05, 3.63) is 0 Å². The van der Waals surface area contributed by atoms with Crippen molar-refractivity contribution in [1.82, 2.24) is 15.5 Å². The lowest BCUT2D eigenvalue weighted by molar-refractivity contribution is 0.0961. The fraction of sp³-hybridized carbons (Fsp3) is 1.00. The molecule has 4 nitrogen and oxygen atoms in total. The van der Waals surface area contributed by atoms with E-state index in [1.165, 1.54) is 51.6 Å². The van der Waals surface area contributed by atoms with E-state index in [0.29, 0.717) is 12.0 Å². The molecule has 21 heavy (non-hydrogen) atoms. The first-order valence-corrected chi connectivity index (χ1v) is 9.08. The van der Waals surface area contributed by atoms with Crippen LogP contribution in [0.3, 0.4) is 0 Å². The van der Waals surface area contributed by atoms with Crippen LogP contribution in [0.15, 0.2) is 0 Å². The highest BCUT2D eigenvalue weighted by molar-refractivity contribution is 4.87. The molecule has 1 aliphatic carbocycles. The molecule has 0 aromatic heterocycles. The number of aliphatic hydroxyl groups is 1. The standard InChI is InChI=1S/C17H33N3O/c1-13-3-2-4-16(9-13)20-7-5-15(6-8-20)19-11-14-10-18-12-17(14)21/h13-19,21H,2-12H2,1H3. The van der Waals surface area contributed by atoms with Crippen LogP contribution in [0.25, 0.3) is 0 Å². The van der Waals surface area contributed by atoms with Gasteiger partial charge in [-0.3, -0.25) is 0 Å². The average molecular weight is 295 g/mol. The summed E-state index contributed by atoms with van der Waals surface area (Å²) in [6.45, 7) is 7.65. The summed E-state index contributed by atoms with van der Waals surface area (Å²) in [4.78, 5) is 2.75. The molecule has 4 atom stereocenters. The van der Waals surface area contributed by atoms with Gasteiger partial charge in [-0.2, -0.15) is 0 Å². The van der Waals surface area contributed by atoms with Crippen molar-refractivity contribution in [2.24, 2.45) is 11.8 Å². The van der Waals surface area contributed by atoms with Crippen LogP contribution in [0.2, 0.25) is 0 Å². The van der Waals surface area contributed by atoms with Crippen molar-refractivity contribution in [3.8, 4) is 0 Å². The van der Waals surface area contributed by atoms with E-state index in [1.54, 1.807) is 0 Å². The molecule has 1 saturated carbocycles. The molecule has 0 radical (unpaired) electrons. The summed E-state index contributed by atoms with van der Waals surface area (Å²) in [5.41, 5.74) is 0. The maximum atomic E-state index is 9.84. The number of nitrogens with zero attached hydrogens (tertiary/aromatic N) is 1. The van der Waals surface area contributed by atoms with Gasteiger partial charge in [0.05, 0.1) is 6.10 Å². The Bertz CT molecular complexity index is 317. The minimum absolute atomic E-state index is 0.152. The number of piperidine rings is 1. The van der Waals surface area contributed by atoms with Crippen LogP contribution >= 0.6 is 0 Å². The molecule has 122 valence electrons. The first kappa shape index (κ1) is 15.7. The van der Waals surface area contributed by atoms with E-state index in [2.05, 4.69) is 22.5 Å². The molecule has 0 aromatic carbocycles. The zero-order valence-corrected chi connectivity index (χ0v) is 13.6. The average Bonchev–Trinajstić information content (AvgIpc) is 2.91. The molecule has 2 heterocycles. The molecule has 0 aromatic rings. The Labute approximate surface area is 129 Å². The van der Waals surface area contributed by atoms with Gasteiger partial charge >= 0.3 is 0 Å². The monoisotopic (exact) mass is 295 g/mol. The third-order valence-electron chi connectivity index (χ3n) is 5.93. The molecule has 3 fully saturated rings. The lowest BCUT2D eigenvalue weighted by atomic mass is 9.85. The number of likely N-dealkylation sites (tertiary alicyclic amines) is 1. The predicted octanol–water partition coefficient (Wildman–Crippen LogP) is 1.20. The van der Waals surface area contributed by atoms with Crippen molar-refractivity contribution >= 4 is 0 Å². The van der Waals surface area contributed by atoms with Crippen molar-refractivity contribution in [2.75, 3.05) is 32.7 Å². The maximum Gasteiger partial charge on any atom is 0.0716 e. The van der Waals surface area contributed by atoms with Crippen LogP contribution in [-0.2, 0) is 0 Å². The Morgan fingerprint density at radius 1 is 1.14 bits per heavy atom. The molecule has 3 N–H and O–H groups in total. The zero-order chi connectivity index (χ0) is 14.7. The van der Waals surface area contributed by atoms with E-state index in [0.717, 1.165) is 31.6 Å². The number of nitrogens with one attached hydrogen (secondary N) is 2. The van der Waals surface area contributed by atoms with Crippen molar-refractivity contribution in [1.29, 1.82) is 0 Å². The second-order valence-electron chi connectivity index (χ2n) is 7.63. The summed E-state index contributed by atoms with van der Waals surface area (Å²) in [6, 6.07) is 1.52. The zero-order valence-electron chi connectivity index (χ0n) is 13.6. The number of hydrogen-bond donors (Lipinski definition) is 3. The van der Waals surface area contributed by atoms with E-state index in [1.807, 2.05) is 0 Å². The van der Waals surface area contributed by atoms with E-state index < -0.39 is 0 Å². The van der Waals surface area contributed by atoms with E-state index >= 15 is 0 Å². The van der Waals surface area contributed by atoms with Gasteiger partial charge in [-0.05, 0) is 44.7 Å². The van der Waals surface area contributed by atoms with Gasteiger partial charge in [0.2, 0.25) is 0 Å². The Hall–Kier alpha value is -0.160. The molecule has 2 saturated heterocycles. The van der Waals surface area contributed by atoms with Crippen LogP contribution in [0, 0.1) is 11.8 Å². The molecule has 4 unspecified atom stereocenters. The summed E-state index contributed by atoms with van der Waals surface area (Å²) < 4.78 is 0. The minimum atomic E-state index is -0.152. The van der Waals surface area contributed by atoms with E-state index in [-0.39, 0.29) is 6.10 Å². The van der Waals surface area contributed by atoms with Crippen LogP contribution in [-0.4, -0.2) is 60.9 Å². The lowest BCUT2D eigenvalue weighted by Gasteiger charge is -2.41. The van der Waals surface area contributed by atoms with Gasteiger partial charge < -0.3 is 20.6 Å². The molecule has 0 spiro atoms. The Morgan fingerprint density at radius 2 is 1.95 bits per heavy atom. The number of aliphatic hydroxyl groups excluding tert-OH is 1. The fourth-order valence-corrected chi connectivity index (χ4v) is 4.45. The van der Waals surface area contributed by atoms with Gasteiger partial charge in [-0.1, -0.05) is 19.8 Å². The molecule has 4 heteroatoms. The Balaban J connectivity index is 1.36. The van der Waals surface area contributed by atoms with E-state index in [4.69, 9.17) is 0 Å². The fourth-order valence-electron chi connectivity index (χ4n) is 4.45. The first-order valence-electron chi connectivity index (χ1n) is 9.08. The second-order valence-corrected chi connectivity index (χ2v) is 7.63. The summed E-state index contributed by atoms with van der Waals surface area (Å²) in [5.74, 6) is 1.33. The topological polar surface area (TPSA) is 47.5 Å². The van der Waals surface area contributed by atoms with Gasteiger partial charge in [0, 0.05) is 37.6 Å². The molecule has 2 aliphatic heterocycles. The SMILES string of the molecule is CC1CCCC(N2CCC(NCC3CNCC3O)CC2)C1. The largest absolute Gasteiger partial charge is 0.391 e. The van der Waals surface area contributed by atoms with Crippen molar-refractivity contribution < 1.29 is 5.11 Å². The van der Waals surface area contributed by atoms with Crippen LogP contribution in [0.4, 0.5) is 0 Å². The molecule has 3 rings (SSSR count). The highest BCUT2D eigenvalue weighted by Crippen LogP contribution is 2.29. The molecular formula is C17H33N3O.